The SMILES string of the molecule is CCC(C(=O)C1C=CC=CC1(N(C)C)N1CCOCC1)c1ccccc1. The predicted molar refractivity (Wildman–Crippen MR) is 105 cm³/mol. The molecule has 0 N–H and O–H groups in total. The lowest BCUT2D eigenvalue weighted by Crippen LogP contribution is -2.65. The molecule has 4 heteroatoms. The van der Waals surface area contributed by atoms with Crippen molar-refractivity contribution in [2.75, 3.05) is 40.4 Å². The van der Waals surface area contributed by atoms with Crippen molar-refractivity contribution in [3.8, 4) is 0 Å². The van der Waals surface area contributed by atoms with E-state index in [0.717, 1.165) is 25.1 Å². The van der Waals surface area contributed by atoms with E-state index in [9.17, 15) is 4.79 Å². The van der Waals surface area contributed by atoms with Crippen LogP contribution in [0.4, 0.5) is 0 Å². The molecular weight excluding hydrogens is 324 g/mol. The van der Waals surface area contributed by atoms with E-state index in [2.05, 4.69) is 61.2 Å². The third-order valence-electron chi connectivity index (χ3n) is 5.71. The van der Waals surface area contributed by atoms with Crippen LogP contribution in [-0.4, -0.2) is 61.6 Å². The van der Waals surface area contributed by atoms with Crippen molar-refractivity contribution >= 4 is 5.78 Å². The number of hydrogen-bond acceptors (Lipinski definition) is 4. The molecule has 26 heavy (non-hydrogen) atoms. The average molecular weight is 354 g/mol. The smallest absolute Gasteiger partial charge is 0.150 e. The number of carbonyl (C=O) groups excluding carboxylic acids is 1. The zero-order valence-electron chi connectivity index (χ0n) is 16.1. The Morgan fingerprint density at radius 3 is 2.54 bits per heavy atom. The Hall–Kier alpha value is -1.75. The topological polar surface area (TPSA) is 32.8 Å². The molecule has 1 aromatic carbocycles. The van der Waals surface area contributed by atoms with Crippen LogP contribution >= 0.6 is 0 Å². The van der Waals surface area contributed by atoms with Crippen LogP contribution in [0, 0.1) is 5.92 Å². The van der Waals surface area contributed by atoms with Gasteiger partial charge >= 0.3 is 0 Å². The summed E-state index contributed by atoms with van der Waals surface area (Å²) in [6.45, 7) is 5.20. The minimum absolute atomic E-state index is 0.0854. The first-order valence-electron chi connectivity index (χ1n) is 9.56. The van der Waals surface area contributed by atoms with Gasteiger partial charge in [0.05, 0.1) is 19.1 Å². The van der Waals surface area contributed by atoms with Crippen LogP contribution in [0.2, 0.25) is 0 Å². The molecule has 1 aliphatic carbocycles. The van der Waals surface area contributed by atoms with Crippen molar-refractivity contribution in [2.45, 2.75) is 24.9 Å². The normalized spacial score (nSPS) is 27.6. The van der Waals surface area contributed by atoms with Crippen LogP contribution in [0.25, 0.3) is 0 Å². The number of ether oxygens (including phenoxy) is 1. The Morgan fingerprint density at radius 1 is 1.23 bits per heavy atom. The van der Waals surface area contributed by atoms with Crippen molar-refractivity contribution in [2.24, 2.45) is 5.92 Å². The van der Waals surface area contributed by atoms with Crippen LogP contribution in [0.1, 0.15) is 24.8 Å². The van der Waals surface area contributed by atoms with E-state index in [4.69, 9.17) is 4.74 Å². The van der Waals surface area contributed by atoms with Gasteiger partial charge in [0.2, 0.25) is 0 Å². The maximum atomic E-state index is 13.7. The highest BCUT2D eigenvalue weighted by Crippen LogP contribution is 2.38. The summed E-state index contributed by atoms with van der Waals surface area (Å²) in [6.07, 6.45) is 9.18. The van der Waals surface area contributed by atoms with Gasteiger partial charge in [0.25, 0.3) is 0 Å². The predicted octanol–water partition coefficient (Wildman–Crippen LogP) is 3.08. The average Bonchev–Trinajstić information content (AvgIpc) is 2.69. The molecule has 3 unspecified atom stereocenters. The van der Waals surface area contributed by atoms with Gasteiger partial charge in [0, 0.05) is 19.0 Å². The summed E-state index contributed by atoms with van der Waals surface area (Å²) in [7, 11) is 4.14. The van der Waals surface area contributed by atoms with Gasteiger partial charge in [-0.25, -0.2) is 0 Å². The van der Waals surface area contributed by atoms with E-state index < -0.39 is 5.66 Å². The largest absolute Gasteiger partial charge is 0.379 e. The molecule has 3 atom stereocenters. The second-order valence-electron chi connectivity index (χ2n) is 7.27. The molecule has 2 aliphatic rings. The molecule has 140 valence electrons. The van der Waals surface area contributed by atoms with Crippen molar-refractivity contribution in [1.82, 2.24) is 9.80 Å². The first-order valence-corrected chi connectivity index (χ1v) is 9.56. The van der Waals surface area contributed by atoms with E-state index in [-0.39, 0.29) is 11.8 Å². The van der Waals surface area contributed by atoms with E-state index in [1.54, 1.807) is 0 Å². The van der Waals surface area contributed by atoms with Crippen LogP contribution in [-0.2, 0) is 9.53 Å². The van der Waals surface area contributed by atoms with Gasteiger partial charge in [-0.05, 0) is 32.2 Å². The van der Waals surface area contributed by atoms with Crippen molar-refractivity contribution < 1.29 is 9.53 Å². The molecule has 1 aliphatic heterocycles. The van der Waals surface area contributed by atoms with Gasteiger partial charge in [0.15, 0.2) is 5.78 Å². The van der Waals surface area contributed by atoms with Crippen LogP contribution in [0.5, 0.6) is 0 Å². The van der Waals surface area contributed by atoms with Gasteiger partial charge in [0.1, 0.15) is 5.66 Å². The maximum Gasteiger partial charge on any atom is 0.150 e. The lowest BCUT2D eigenvalue weighted by molar-refractivity contribution is -0.135. The number of carbonyl (C=O) groups is 1. The Labute approximate surface area is 157 Å². The minimum Gasteiger partial charge on any atom is -0.379 e. The molecule has 1 aromatic rings. The number of ketones is 1. The molecule has 1 heterocycles. The summed E-state index contributed by atoms with van der Waals surface area (Å²) >= 11 is 0. The fourth-order valence-corrected chi connectivity index (χ4v) is 4.36. The summed E-state index contributed by atoms with van der Waals surface area (Å²) in [6, 6.07) is 10.2. The molecular formula is C22H30N2O2. The number of likely N-dealkylation sites (N-methyl/N-ethyl adjacent to an activating group) is 1. The lowest BCUT2D eigenvalue weighted by atomic mass is 9.75. The van der Waals surface area contributed by atoms with E-state index in [1.807, 2.05) is 24.3 Å². The summed E-state index contributed by atoms with van der Waals surface area (Å²) in [5, 5.41) is 0. The lowest BCUT2D eigenvalue weighted by Gasteiger charge is -2.52. The molecule has 1 fully saturated rings. The molecule has 0 spiro atoms. The number of allylic oxidation sites excluding steroid dienone is 2. The van der Waals surface area contributed by atoms with Gasteiger partial charge in [-0.15, -0.1) is 0 Å². The van der Waals surface area contributed by atoms with E-state index in [1.165, 1.54) is 0 Å². The number of hydrogen-bond donors (Lipinski definition) is 0. The second kappa shape index (κ2) is 8.30. The van der Waals surface area contributed by atoms with Gasteiger partial charge in [-0.2, -0.15) is 0 Å². The van der Waals surface area contributed by atoms with E-state index in [0.29, 0.717) is 19.0 Å². The highest BCUT2D eigenvalue weighted by atomic mass is 16.5. The zero-order chi connectivity index (χ0) is 18.6. The molecule has 0 radical (unpaired) electrons. The van der Waals surface area contributed by atoms with Crippen molar-refractivity contribution in [1.29, 1.82) is 0 Å². The van der Waals surface area contributed by atoms with Gasteiger partial charge < -0.3 is 4.74 Å². The Balaban J connectivity index is 1.98. The number of nitrogens with zero attached hydrogens (tertiary/aromatic N) is 2. The summed E-state index contributed by atoms with van der Waals surface area (Å²) in [4.78, 5) is 18.3. The molecule has 3 rings (SSSR count). The Kier molecular flexibility index (Phi) is 6.07. The quantitative estimate of drug-likeness (QED) is 0.786. The third-order valence-corrected chi connectivity index (χ3v) is 5.71. The first-order chi connectivity index (χ1) is 12.6. The second-order valence-corrected chi connectivity index (χ2v) is 7.27. The standard InChI is InChI=1S/C22H30N2O2/c1-4-19(18-10-6-5-7-11-18)21(25)20-12-8-9-13-22(20,23(2)3)24-14-16-26-17-15-24/h5-13,19-20H,4,14-17H2,1-3H3. The first kappa shape index (κ1) is 19.0. The fraction of sp³-hybridized carbons (Fsp3) is 0.500. The maximum absolute atomic E-state index is 13.7. The fourth-order valence-electron chi connectivity index (χ4n) is 4.36. The Bertz CT molecular complexity index is 662. The highest BCUT2D eigenvalue weighted by molar-refractivity contribution is 5.91. The molecule has 4 nitrogen and oxygen atoms in total. The number of Topliss-reactive ketones (excluding diaryl/α,β-unsaturated/α-hetero) is 1. The molecule has 0 bridgehead atoms. The van der Waals surface area contributed by atoms with Crippen LogP contribution < -0.4 is 0 Å². The zero-order valence-corrected chi connectivity index (χ0v) is 16.1. The van der Waals surface area contributed by atoms with Crippen molar-refractivity contribution in [3.05, 3.63) is 60.2 Å². The molecule has 0 aromatic heterocycles. The summed E-state index contributed by atoms with van der Waals surface area (Å²) in [5.41, 5.74) is 0.676. The highest BCUT2D eigenvalue weighted by Gasteiger charge is 2.48. The van der Waals surface area contributed by atoms with Crippen LogP contribution in [0.15, 0.2) is 54.6 Å². The number of morpholine rings is 1. The molecule has 0 saturated carbocycles. The Morgan fingerprint density at radius 2 is 1.92 bits per heavy atom. The van der Waals surface area contributed by atoms with Crippen molar-refractivity contribution in [3.63, 3.8) is 0 Å². The van der Waals surface area contributed by atoms with Gasteiger partial charge in [-0.1, -0.05) is 55.5 Å². The monoisotopic (exact) mass is 354 g/mol. The van der Waals surface area contributed by atoms with Crippen LogP contribution in [0.3, 0.4) is 0 Å². The number of rotatable bonds is 6. The molecule has 1 saturated heterocycles. The summed E-state index contributed by atoms with van der Waals surface area (Å²) < 4.78 is 5.56. The minimum atomic E-state index is -0.433. The molecule has 0 amide bonds. The third kappa shape index (κ3) is 3.41. The van der Waals surface area contributed by atoms with E-state index >= 15 is 0 Å². The number of benzene rings is 1. The summed E-state index contributed by atoms with van der Waals surface area (Å²) in [5.74, 6) is 0.00274. The van der Waals surface area contributed by atoms with Gasteiger partial charge in [-0.3, -0.25) is 14.6 Å².